The van der Waals surface area contributed by atoms with Crippen LogP contribution < -0.4 is 15.5 Å². The molecule has 0 fully saturated rings. The molecule has 0 radical (unpaired) electrons. The summed E-state index contributed by atoms with van der Waals surface area (Å²) in [5.74, 6) is -0.0639. The molecule has 32 heavy (non-hydrogen) atoms. The molecule has 2 amide bonds. The zero-order chi connectivity index (χ0) is 23.1. The Labute approximate surface area is 203 Å². The Kier molecular flexibility index (Phi) is 8.19. The summed E-state index contributed by atoms with van der Waals surface area (Å²) < 4.78 is 6.98. The van der Waals surface area contributed by atoms with Crippen molar-refractivity contribution < 1.29 is 14.3 Å². The van der Waals surface area contributed by atoms with Gasteiger partial charge in [0.05, 0.1) is 15.2 Å². The van der Waals surface area contributed by atoms with Crippen LogP contribution in [0.4, 0.5) is 5.69 Å². The van der Waals surface area contributed by atoms with E-state index in [1.807, 2.05) is 38.1 Å². The average molecular weight is 559 g/mol. The highest BCUT2D eigenvalue weighted by atomic mass is 79.9. The van der Waals surface area contributed by atoms with E-state index in [0.29, 0.717) is 20.3 Å². The van der Waals surface area contributed by atoms with Crippen LogP contribution in [0.25, 0.3) is 0 Å². The van der Waals surface area contributed by atoms with Crippen molar-refractivity contribution in [3.8, 4) is 5.75 Å². The van der Waals surface area contributed by atoms with Gasteiger partial charge in [0.2, 0.25) is 0 Å². The Morgan fingerprint density at radius 2 is 1.69 bits per heavy atom. The second-order valence-electron chi connectivity index (χ2n) is 7.03. The van der Waals surface area contributed by atoms with Gasteiger partial charge < -0.3 is 10.1 Å². The molecule has 3 aromatic rings. The first-order valence-electron chi connectivity index (χ1n) is 9.71. The highest BCUT2D eigenvalue weighted by molar-refractivity contribution is 9.11. The molecule has 0 unspecified atom stereocenters. The topological polar surface area (TPSA) is 79.8 Å². The molecule has 0 aliphatic heterocycles. The zero-order valence-electron chi connectivity index (χ0n) is 17.5. The molecule has 0 atom stereocenters. The van der Waals surface area contributed by atoms with Crippen LogP contribution in [0.2, 0.25) is 0 Å². The number of halogens is 2. The number of hydrazone groups is 1. The van der Waals surface area contributed by atoms with Crippen molar-refractivity contribution in [2.24, 2.45) is 5.10 Å². The quantitative estimate of drug-likeness (QED) is 0.292. The first-order valence-corrected chi connectivity index (χ1v) is 11.3. The summed E-state index contributed by atoms with van der Waals surface area (Å²) in [5.41, 5.74) is 6.61. The van der Waals surface area contributed by atoms with Crippen molar-refractivity contribution in [1.29, 1.82) is 0 Å². The number of aryl methyl sites for hydroxylation is 2. The van der Waals surface area contributed by atoms with Gasteiger partial charge in [-0.05, 0) is 87.2 Å². The molecular formula is C24H21Br2N3O3. The van der Waals surface area contributed by atoms with Crippen LogP contribution in [0.3, 0.4) is 0 Å². The van der Waals surface area contributed by atoms with E-state index in [2.05, 4.69) is 47.7 Å². The average Bonchev–Trinajstić information content (AvgIpc) is 2.75. The predicted octanol–water partition coefficient (Wildman–Crippen LogP) is 5.61. The number of hydrogen-bond acceptors (Lipinski definition) is 4. The molecule has 2 N–H and O–H groups in total. The fourth-order valence-corrected chi connectivity index (χ4v) is 4.34. The van der Waals surface area contributed by atoms with Gasteiger partial charge in [0.25, 0.3) is 11.8 Å². The Balaban J connectivity index is 1.59. The second kappa shape index (κ2) is 11.1. The fraction of sp³-hybridized carbons (Fsp3) is 0.125. The molecular weight excluding hydrogens is 538 g/mol. The fourth-order valence-electron chi connectivity index (χ4n) is 2.89. The van der Waals surface area contributed by atoms with E-state index in [1.54, 1.807) is 36.4 Å². The molecule has 0 heterocycles. The van der Waals surface area contributed by atoms with Crippen LogP contribution in [0.1, 0.15) is 27.0 Å². The Hall–Kier alpha value is -2.97. The lowest BCUT2D eigenvalue weighted by Crippen LogP contribution is -2.21. The third kappa shape index (κ3) is 6.51. The third-order valence-electron chi connectivity index (χ3n) is 4.44. The molecule has 0 saturated carbocycles. The number of carbonyl (C=O) groups excluding carboxylic acids is 2. The molecule has 0 spiro atoms. The Bertz CT molecular complexity index is 1140. The lowest BCUT2D eigenvalue weighted by Gasteiger charge is -2.12. The van der Waals surface area contributed by atoms with Crippen LogP contribution in [0.15, 0.2) is 74.7 Å². The smallest absolute Gasteiger partial charge is 0.271 e. The molecule has 0 bridgehead atoms. The van der Waals surface area contributed by atoms with Gasteiger partial charge in [-0.25, -0.2) is 5.43 Å². The number of nitrogens with one attached hydrogen (secondary N) is 2. The van der Waals surface area contributed by atoms with Crippen molar-refractivity contribution in [2.75, 3.05) is 11.9 Å². The number of nitrogens with zero attached hydrogens (tertiary/aromatic N) is 1. The first kappa shape index (κ1) is 23.7. The van der Waals surface area contributed by atoms with Gasteiger partial charge in [0, 0.05) is 11.3 Å². The summed E-state index contributed by atoms with van der Waals surface area (Å²) in [6.07, 6.45) is 1.52. The highest BCUT2D eigenvalue weighted by Gasteiger charge is 2.12. The maximum absolute atomic E-state index is 12.3. The molecule has 3 aromatic carbocycles. The molecule has 0 saturated heterocycles. The maximum atomic E-state index is 12.3. The summed E-state index contributed by atoms with van der Waals surface area (Å²) in [5, 5.41) is 6.85. The number of anilines is 1. The van der Waals surface area contributed by atoms with E-state index in [1.165, 1.54) is 6.21 Å². The molecule has 0 aliphatic carbocycles. The minimum atomic E-state index is -0.297. The van der Waals surface area contributed by atoms with Gasteiger partial charge in [-0.3, -0.25) is 9.59 Å². The number of rotatable bonds is 7. The van der Waals surface area contributed by atoms with Crippen LogP contribution in [0, 0.1) is 13.8 Å². The van der Waals surface area contributed by atoms with E-state index in [0.717, 1.165) is 22.4 Å². The zero-order valence-corrected chi connectivity index (χ0v) is 20.7. The number of amides is 2. The van der Waals surface area contributed by atoms with Gasteiger partial charge in [-0.2, -0.15) is 5.10 Å². The summed E-state index contributed by atoms with van der Waals surface area (Å²) >= 11 is 6.91. The van der Waals surface area contributed by atoms with Crippen LogP contribution in [-0.4, -0.2) is 24.6 Å². The minimum Gasteiger partial charge on any atom is -0.481 e. The number of hydrogen-bond donors (Lipinski definition) is 2. The summed E-state index contributed by atoms with van der Waals surface area (Å²) in [6.45, 7) is 3.80. The third-order valence-corrected chi connectivity index (χ3v) is 5.62. The van der Waals surface area contributed by atoms with Crippen molar-refractivity contribution in [3.05, 3.63) is 91.9 Å². The Morgan fingerprint density at radius 1 is 1.00 bits per heavy atom. The molecule has 3 rings (SSSR count). The van der Waals surface area contributed by atoms with Gasteiger partial charge in [0.15, 0.2) is 6.61 Å². The highest BCUT2D eigenvalue weighted by Crippen LogP contribution is 2.34. The van der Waals surface area contributed by atoms with Crippen LogP contribution >= 0.6 is 31.9 Å². The standard InChI is InChI=1S/C24H21Br2N3O3/c1-15-8-9-21(16(2)10-15)28-22(30)14-32-23-19(25)11-17(12-20(23)26)13-27-29-24(31)18-6-4-3-5-7-18/h3-13H,14H2,1-2H3,(H,28,30)(H,29,31)/b27-13+. The van der Waals surface area contributed by atoms with Crippen molar-refractivity contribution in [1.82, 2.24) is 5.43 Å². The molecule has 0 aromatic heterocycles. The number of carbonyl (C=O) groups is 2. The Morgan fingerprint density at radius 3 is 2.34 bits per heavy atom. The molecule has 164 valence electrons. The SMILES string of the molecule is Cc1ccc(NC(=O)COc2c(Br)cc(/C=N/NC(=O)c3ccccc3)cc2Br)c(C)c1. The maximum Gasteiger partial charge on any atom is 0.271 e. The van der Waals surface area contributed by atoms with Crippen LogP contribution in [-0.2, 0) is 4.79 Å². The second-order valence-corrected chi connectivity index (χ2v) is 8.74. The van der Waals surface area contributed by atoms with Gasteiger partial charge in [-0.15, -0.1) is 0 Å². The van der Waals surface area contributed by atoms with E-state index in [4.69, 9.17) is 4.74 Å². The van der Waals surface area contributed by atoms with Crippen molar-refractivity contribution >= 4 is 55.6 Å². The lowest BCUT2D eigenvalue weighted by molar-refractivity contribution is -0.118. The van der Waals surface area contributed by atoms with Gasteiger partial charge in [-0.1, -0.05) is 35.9 Å². The number of benzene rings is 3. The summed E-state index contributed by atoms with van der Waals surface area (Å²) in [6, 6.07) is 18.2. The van der Waals surface area contributed by atoms with E-state index in [9.17, 15) is 9.59 Å². The molecule has 6 nitrogen and oxygen atoms in total. The monoisotopic (exact) mass is 557 g/mol. The summed E-state index contributed by atoms with van der Waals surface area (Å²) in [4.78, 5) is 24.3. The first-order chi connectivity index (χ1) is 15.3. The normalized spacial score (nSPS) is 10.8. The van der Waals surface area contributed by atoms with Gasteiger partial charge in [0.1, 0.15) is 5.75 Å². The van der Waals surface area contributed by atoms with Crippen molar-refractivity contribution in [2.45, 2.75) is 13.8 Å². The van der Waals surface area contributed by atoms with E-state index >= 15 is 0 Å². The van der Waals surface area contributed by atoms with E-state index < -0.39 is 0 Å². The predicted molar refractivity (Wildman–Crippen MR) is 133 cm³/mol. The van der Waals surface area contributed by atoms with Crippen molar-refractivity contribution in [3.63, 3.8) is 0 Å². The largest absolute Gasteiger partial charge is 0.481 e. The summed E-state index contributed by atoms with van der Waals surface area (Å²) in [7, 11) is 0. The van der Waals surface area contributed by atoms with Gasteiger partial charge >= 0.3 is 0 Å². The lowest BCUT2D eigenvalue weighted by atomic mass is 10.1. The number of ether oxygens (including phenoxy) is 1. The van der Waals surface area contributed by atoms with Crippen LogP contribution in [0.5, 0.6) is 5.75 Å². The molecule has 0 aliphatic rings. The molecule has 8 heteroatoms. The minimum absolute atomic E-state index is 0.148. The van der Waals surface area contributed by atoms with E-state index in [-0.39, 0.29) is 18.4 Å².